The molecule has 2 aromatic rings. The van der Waals surface area contributed by atoms with E-state index in [0.717, 1.165) is 23.3 Å². The zero-order valence-electron chi connectivity index (χ0n) is 13.5. The van der Waals surface area contributed by atoms with Crippen molar-refractivity contribution >= 4 is 5.91 Å². The van der Waals surface area contributed by atoms with Crippen LogP contribution in [-0.2, 0) is 17.8 Å². The highest BCUT2D eigenvalue weighted by Crippen LogP contribution is 2.18. The molecule has 0 unspecified atom stereocenters. The van der Waals surface area contributed by atoms with Crippen molar-refractivity contribution in [3.05, 3.63) is 65.2 Å². The summed E-state index contributed by atoms with van der Waals surface area (Å²) in [4.78, 5) is 13.8. The molecular weight excluding hydrogens is 288 g/mol. The molecule has 0 heterocycles. The second kappa shape index (κ2) is 8.00. The molecule has 0 saturated carbocycles. The molecule has 0 saturated heterocycles. The van der Waals surface area contributed by atoms with Gasteiger partial charge in [0.05, 0.1) is 11.6 Å². The van der Waals surface area contributed by atoms with Gasteiger partial charge >= 0.3 is 0 Å². The Labute approximate surface area is 136 Å². The Hall–Kier alpha value is -2.80. The van der Waals surface area contributed by atoms with Gasteiger partial charge in [0.15, 0.2) is 6.61 Å². The zero-order chi connectivity index (χ0) is 16.7. The minimum absolute atomic E-state index is 0.0177. The summed E-state index contributed by atoms with van der Waals surface area (Å²) < 4.78 is 5.65. The lowest BCUT2D eigenvalue weighted by Crippen LogP contribution is -2.31. The number of hydrogen-bond donors (Lipinski definition) is 0. The summed E-state index contributed by atoms with van der Waals surface area (Å²) in [7, 11) is 1.75. The van der Waals surface area contributed by atoms with Crippen LogP contribution in [0.25, 0.3) is 0 Å². The Bertz CT molecular complexity index is 702. The fourth-order valence-electron chi connectivity index (χ4n) is 2.23. The Morgan fingerprint density at radius 3 is 2.52 bits per heavy atom. The summed E-state index contributed by atoms with van der Waals surface area (Å²) >= 11 is 0. The van der Waals surface area contributed by atoms with Crippen LogP contribution < -0.4 is 4.74 Å². The number of nitriles is 1. The van der Waals surface area contributed by atoms with Gasteiger partial charge in [0.25, 0.3) is 5.91 Å². The molecule has 4 heteroatoms. The minimum Gasteiger partial charge on any atom is -0.483 e. The van der Waals surface area contributed by atoms with Gasteiger partial charge in [0, 0.05) is 13.6 Å². The van der Waals surface area contributed by atoms with E-state index < -0.39 is 0 Å². The molecule has 2 aromatic carbocycles. The van der Waals surface area contributed by atoms with Crippen LogP contribution in [0.2, 0.25) is 0 Å². The van der Waals surface area contributed by atoms with Crippen LogP contribution >= 0.6 is 0 Å². The highest BCUT2D eigenvalue weighted by atomic mass is 16.5. The fraction of sp³-hybridized carbons (Fsp3) is 0.263. The van der Waals surface area contributed by atoms with Gasteiger partial charge in [-0.25, -0.2) is 0 Å². The number of likely N-dealkylation sites (N-methyl/N-ethyl adjacent to an activating group) is 1. The first kappa shape index (κ1) is 16.6. The van der Waals surface area contributed by atoms with Crippen LogP contribution in [0, 0.1) is 11.3 Å². The van der Waals surface area contributed by atoms with Crippen LogP contribution in [0.1, 0.15) is 23.6 Å². The smallest absolute Gasteiger partial charge is 0.260 e. The maximum absolute atomic E-state index is 12.2. The van der Waals surface area contributed by atoms with Crippen molar-refractivity contribution in [2.24, 2.45) is 0 Å². The largest absolute Gasteiger partial charge is 0.483 e. The molecule has 0 aliphatic heterocycles. The predicted octanol–water partition coefficient (Wildman–Crippen LogP) is 3.16. The summed E-state index contributed by atoms with van der Waals surface area (Å²) in [6.45, 7) is 2.56. The molecule has 0 radical (unpaired) electrons. The van der Waals surface area contributed by atoms with Crippen LogP contribution in [0.5, 0.6) is 5.75 Å². The van der Waals surface area contributed by atoms with E-state index in [1.165, 1.54) is 0 Å². The topological polar surface area (TPSA) is 53.3 Å². The third kappa shape index (κ3) is 4.58. The van der Waals surface area contributed by atoms with Crippen LogP contribution in [0.4, 0.5) is 0 Å². The van der Waals surface area contributed by atoms with E-state index in [1.54, 1.807) is 24.1 Å². The maximum atomic E-state index is 12.2. The number of rotatable bonds is 6. The number of carbonyl (C=O) groups is 1. The van der Waals surface area contributed by atoms with Crippen molar-refractivity contribution in [3.8, 4) is 11.8 Å². The SMILES string of the molecule is CCc1ccccc1OCC(=O)N(C)Cc1ccc(C#N)cc1. The van der Waals surface area contributed by atoms with Crippen molar-refractivity contribution in [3.63, 3.8) is 0 Å². The normalized spacial score (nSPS) is 9.96. The average molecular weight is 308 g/mol. The number of aryl methyl sites for hydroxylation is 1. The first-order valence-electron chi connectivity index (χ1n) is 7.57. The summed E-state index contributed by atoms with van der Waals surface area (Å²) in [6, 6.07) is 17.0. The summed E-state index contributed by atoms with van der Waals surface area (Å²) in [5.41, 5.74) is 2.69. The third-order valence-corrected chi connectivity index (χ3v) is 3.63. The number of amides is 1. The van der Waals surface area contributed by atoms with E-state index in [0.29, 0.717) is 12.1 Å². The quantitative estimate of drug-likeness (QED) is 0.823. The highest BCUT2D eigenvalue weighted by Gasteiger charge is 2.11. The zero-order valence-corrected chi connectivity index (χ0v) is 13.5. The lowest BCUT2D eigenvalue weighted by atomic mass is 10.1. The molecule has 4 nitrogen and oxygen atoms in total. The van der Waals surface area contributed by atoms with Crippen LogP contribution in [-0.4, -0.2) is 24.5 Å². The van der Waals surface area contributed by atoms with Gasteiger partial charge < -0.3 is 9.64 Å². The van der Waals surface area contributed by atoms with Gasteiger partial charge in [-0.05, 0) is 35.7 Å². The molecule has 0 aliphatic rings. The van der Waals surface area contributed by atoms with E-state index in [2.05, 4.69) is 13.0 Å². The Balaban J connectivity index is 1.90. The number of benzene rings is 2. The number of ether oxygens (including phenoxy) is 1. The molecule has 0 N–H and O–H groups in total. The first-order valence-corrected chi connectivity index (χ1v) is 7.57. The number of nitrogens with zero attached hydrogens (tertiary/aromatic N) is 2. The van der Waals surface area contributed by atoms with E-state index in [1.807, 2.05) is 36.4 Å². The lowest BCUT2D eigenvalue weighted by Gasteiger charge is -2.18. The average Bonchev–Trinajstić information content (AvgIpc) is 2.60. The third-order valence-electron chi connectivity index (χ3n) is 3.63. The molecule has 0 aliphatic carbocycles. The van der Waals surface area contributed by atoms with Gasteiger partial charge in [-0.2, -0.15) is 5.26 Å². The monoisotopic (exact) mass is 308 g/mol. The van der Waals surface area contributed by atoms with E-state index in [9.17, 15) is 4.79 Å². The molecule has 0 atom stereocenters. The van der Waals surface area contributed by atoms with E-state index in [4.69, 9.17) is 10.00 Å². The fourth-order valence-corrected chi connectivity index (χ4v) is 2.23. The maximum Gasteiger partial charge on any atom is 0.260 e. The van der Waals surface area contributed by atoms with E-state index in [-0.39, 0.29) is 12.5 Å². The summed E-state index contributed by atoms with van der Waals surface area (Å²) in [5.74, 6) is 0.676. The molecule has 2 rings (SSSR count). The van der Waals surface area contributed by atoms with Crippen molar-refractivity contribution in [1.29, 1.82) is 5.26 Å². The number of hydrogen-bond acceptors (Lipinski definition) is 3. The Kier molecular flexibility index (Phi) is 5.76. The predicted molar refractivity (Wildman–Crippen MR) is 88.9 cm³/mol. The van der Waals surface area contributed by atoms with Crippen molar-refractivity contribution in [2.75, 3.05) is 13.7 Å². The standard InChI is InChI=1S/C19H20N2O2/c1-3-17-6-4-5-7-18(17)23-14-19(22)21(2)13-16-10-8-15(12-20)9-11-16/h4-11H,3,13-14H2,1-2H3. The molecular formula is C19H20N2O2. The van der Waals surface area contributed by atoms with Gasteiger partial charge in [0.1, 0.15) is 5.75 Å². The Morgan fingerprint density at radius 2 is 1.87 bits per heavy atom. The molecule has 0 fully saturated rings. The Morgan fingerprint density at radius 1 is 1.17 bits per heavy atom. The van der Waals surface area contributed by atoms with Crippen LogP contribution in [0.3, 0.4) is 0 Å². The van der Waals surface area contributed by atoms with Gasteiger partial charge in [0.2, 0.25) is 0 Å². The lowest BCUT2D eigenvalue weighted by molar-refractivity contribution is -0.132. The molecule has 0 bridgehead atoms. The number of carbonyl (C=O) groups excluding carboxylic acids is 1. The minimum atomic E-state index is -0.0831. The van der Waals surface area contributed by atoms with Crippen LogP contribution in [0.15, 0.2) is 48.5 Å². The number of para-hydroxylation sites is 1. The molecule has 23 heavy (non-hydrogen) atoms. The molecule has 118 valence electrons. The highest BCUT2D eigenvalue weighted by molar-refractivity contribution is 5.77. The summed E-state index contributed by atoms with van der Waals surface area (Å²) in [5, 5.41) is 8.79. The second-order valence-electron chi connectivity index (χ2n) is 5.31. The molecule has 0 spiro atoms. The van der Waals surface area contributed by atoms with E-state index >= 15 is 0 Å². The van der Waals surface area contributed by atoms with Crippen molar-refractivity contribution < 1.29 is 9.53 Å². The molecule has 0 aromatic heterocycles. The van der Waals surface area contributed by atoms with Crippen molar-refractivity contribution in [2.45, 2.75) is 19.9 Å². The van der Waals surface area contributed by atoms with Gasteiger partial charge in [-0.15, -0.1) is 0 Å². The summed E-state index contributed by atoms with van der Waals surface area (Å²) in [6.07, 6.45) is 0.867. The first-order chi connectivity index (χ1) is 11.1. The second-order valence-corrected chi connectivity index (χ2v) is 5.31. The molecule has 1 amide bonds. The van der Waals surface area contributed by atoms with Gasteiger partial charge in [-0.3, -0.25) is 4.79 Å². The van der Waals surface area contributed by atoms with Crippen molar-refractivity contribution in [1.82, 2.24) is 4.90 Å². The van der Waals surface area contributed by atoms with Gasteiger partial charge in [-0.1, -0.05) is 37.3 Å².